The maximum Gasteiger partial charge on any atom is 0.501 e. The van der Waals surface area contributed by atoms with Crippen LogP contribution in [0.3, 0.4) is 0 Å². The van der Waals surface area contributed by atoms with Crippen LogP contribution in [-0.4, -0.2) is 89.9 Å². The molecular weight excluding hydrogens is 384 g/mol. The third-order valence-corrected chi connectivity index (χ3v) is 6.97. The van der Waals surface area contributed by atoms with Gasteiger partial charge in [-0.1, -0.05) is 6.42 Å². The zero-order valence-electron chi connectivity index (χ0n) is 17.9. The van der Waals surface area contributed by atoms with Crippen molar-refractivity contribution in [3.8, 4) is 0 Å². The number of hydrogen-bond acceptors (Lipinski definition) is 5. The van der Waals surface area contributed by atoms with Gasteiger partial charge in [0.15, 0.2) is 6.54 Å². The number of ether oxygens (including phenoxy) is 1. The summed E-state index contributed by atoms with van der Waals surface area (Å²) in [6.45, 7) is 5.01. The number of hydrogen-bond donors (Lipinski definition) is 1. The summed E-state index contributed by atoms with van der Waals surface area (Å²) in [5.74, 6) is -0.373. The number of amides is 4. The van der Waals surface area contributed by atoms with Crippen molar-refractivity contribution in [1.29, 1.82) is 0 Å². The topological polar surface area (TPSA) is 82.0 Å². The summed E-state index contributed by atoms with van der Waals surface area (Å²) in [6.07, 6.45) is 8.40. The van der Waals surface area contributed by atoms with E-state index in [1.54, 1.807) is 4.58 Å². The van der Waals surface area contributed by atoms with Gasteiger partial charge in [0, 0.05) is 26.1 Å². The minimum Gasteiger partial charge on any atom is -0.379 e. The first-order valence-electron chi connectivity index (χ1n) is 11.7. The minimum atomic E-state index is -0.275. The molecular formula is C22H35N4O4+. The van der Waals surface area contributed by atoms with E-state index in [-0.39, 0.29) is 36.3 Å². The molecule has 0 radical (unpaired) electrons. The maximum absolute atomic E-state index is 13.3. The predicted octanol–water partition coefficient (Wildman–Crippen LogP) is 1.37. The molecule has 2 aliphatic carbocycles. The Morgan fingerprint density at radius 2 is 1.83 bits per heavy atom. The van der Waals surface area contributed by atoms with Gasteiger partial charge in [0.1, 0.15) is 12.0 Å². The number of urea groups is 1. The molecule has 1 atom stereocenters. The van der Waals surface area contributed by atoms with Crippen molar-refractivity contribution in [3.05, 3.63) is 0 Å². The van der Waals surface area contributed by atoms with Crippen LogP contribution in [-0.2, 0) is 14.3 Å². The van der Waals surface area contributed by atoms with E-state index in [4.69, 9.17) is 4.74 Å². The van der Waals surface area contributed by atoms with E-state index in [1.165, 1.54) is 11.3 Å². The van der Waals surface area contributed by atoms with Gasteiger partial charge in [-0.25, -0.2) is 4.79 Å². The summed E-state index contributed by atoms with van der Waals surface area (Å²) in [5.41, 5.74) is 0.862. The van der Waals surface area contributed by atoms with Crippen molar-refractivity contribution in [1.82, 2.24) is 15.1 Å². The summed E-state index contributed by atoms with van der Waals surface area (Å²) >= 11 is 0. The largest absolute Gasteiger partial charge is 0.501 e. The second kappa shape index (κ2) is 10.0. The summed E-state index contributed by atoms with van der Waals surface area (Å²) in [6, 6.07) is -0.275. The van der Waals surface area contributed by atoms with E-state index in [9.17, 15) is 14.4 Å². The van der Waals surface area contributed by atoms with Gasteiger partial charge in [-0.15, -0.1) is 0 Å². The fourth-order valence-corrected chi connectivity index (χ4v) is 5.33. The van der Waals surface area contributed by atoms with Crippen LogP contribution in [0.5, 0.6) is 0 Å². The van der Waals surface area contributed by atoms with E-state index < -0.39 is 0 Å². The molecule has 2 heterocycles. The summed E-state index contributed by atoms with van der Waals surface area (Å²) in [5, 5.41) is 2.97. The van der Waals surface area contributed by atoms with E-state index >= 15 is 0 Å². The number of carbonyl (C=O) groups is 3. The molecule has 0 aromatic carbocycles. The molecule has 4 aliphatic rings. The molecule has 30 heavy (non-hydrogen) atoms. The van der Waals surface area contributed by atoms with Crippen molar-refractivity contribution in [2.24, 2.45) is 5.92 Å². The summed E-state index contributed by atoms with van der Waals surface area (Å²) in [7, 11) is 0. The van der Waals surface area contributed by atoms with Crippen molar-refractivity contribution in [2.75, 3.05) is 45.9 Å². The van der Waals surface area contributed by atoms with Gasteiger partial charge >= 0.3 is 11.9 Å². The van der Waals surface area contributed by atoms with Gasteiger partial charge < -0.3 is 10.1 Å². The highest BCUT2D eigenvalue weighted by atomic mass is 16.5. The van der Waals surface area contributed by atoms with Crippen LogP contribution in [0.25, 0.3) is 0 Å². The fraction of sp³-hybridized carbons (Fsp3) is 0.818. The van der Waals surface area contributed by atoms with Crippen molar-refractivity contribution < 1.29 is 23.7 Å². The molecule has 4 rings (SSSR count). The Hall–Kier alpha value is -1.80. The van der Waals surface area contributed by atoms with E-state index in [0.717, 1.165) is 89.9 Å². The van der Waals surface area contributed by atoms with Crippen molar-refractivity contribution in [2.45, 2.75) is 63.8 Å². The monoisotopic (exact) mass is 419 g/mol. The molecule has 1 saturated heterocycles. The van der Waals surface area contributed by atoms with Gasteiger partial charge in [0.2, 0.25) is 0 Å². The second-order valence-electron chi connectivity index (χ2n) is 8.96. The highest BCUT2D eigenvalue weighted by Crippen LogP contribution is 2.32. The second-order valence-corrected chi connectivity index (χ2v) is 8.96. The lowest BCUT2D eigenvalue weighted by molar-refractivity contribution is -0.431. The zero-order chi connectivity index (χ0) is 20.9. The average molecular weight is 420 g/mol. The third-order valence-electron chi connectivity index (χ3n) is 6.97. The molecule has 8 heteroatoms. The van der Waals surface area contributed by atoms with Crippen LogP contribution in [0.2, 0.25) is 0 Å². The zero-order valence-corrected chi connectivity index (χ0v) is 17.9. The lowest BCUT2D eigenvalue weighted by Crippen LogP contribution is -2.58. The lowest BCUT2D eigenvalue weighted by atomic mass is 9.92. The lowest BCUT2D eigenvalue weighted by Gasteiger charge is -2.32. The van der Waals surface area contributed by atoms with E-state index in [1.807, 2.05) is 0 Å². The molecule has 0 aromatic rings. The number of fused-ring (bicyclic) bond motifs is 1. The average Bonchev–Trinajstić information content (AvgIpc) is 3.26. The van der Waals surface area contributed by atoms with Crippen LogP contribution < -0.4 is 5.32 Å². The fourth-order valence-electron chi connectivity index (χ4n) is 5.33. The Balaban J connectivity index is 1.35. The highest BCUT2D eigenvalue weighted by Gasteiger charge is 2.52. The van der Waals surface area contributed by atoms with Crippen LogP contribution in [0.4, 0.5) is 4.79 Å². The van der Waals surface area contributed by atoms with Crippen LogP contribution >= 0.6 is 0 Å². The minimum absolute atomic E-state index is 0.0000151. The molecule has 1 N–H and O–H groups in total. The normalized spacial score (nSPS) is 26.3. The van der Waals surface area contributed by atoms with Crippen LogP contribution in [0, 0.1) is 5.92 Å². The van der Waals surface area contributed by atoms with Crippen molar-refractivity contribution in [3.63, 3.8) is 0 Å². The predicted molar refractivity (Wildman–Crippen MR) is 111 cm³/mol. The van der Waals surface area contributed by atoms with Gasteiger partial charge in [0.25, 0.3) is 5.91 Å². The number of carbonyl (C=O) groups excluding carboxylic acids is 3. The van der Waals surface area contributed by atoms with E-state index in [2.05, 4.69) is 10.2 Å². The Kier molecular flexibility index (Phi) is 7.15. The molecule has 1 unspecified atom stereocenters. The molecule has 3 fully saturated rings. The van der Waals surface area contributed by atoms with Gasteiger partial charge in [0.05, 0.1) is 18.9 Å². The third kappa shape index (κ3) is 4.75. The van der Waals surface area contributed by atoms with Crippen LogP contribution in [0.1, 0.15) is 57.8 Å². The molecule has 2 saturated carbocycles. The van der Waals surface area contributed by atoms with Gasteiger partial charge in [-0.2, -0.15) is 14.3 Å². The van der Waals surface area contributed by atoms with Gasteiger partial charge in [-0.05, 0) is 51.5 Å². The number of imide groups is 1. The first kappa shape index (κ1) is 21.4. The molecule has 0 bridgehead atoms. The van der Waals surface area contributed by atoms with Crippen molar-refractivity contribution >= 4 is 23.6 Å². The molecule has 0 aromatic heterocycles. The number of nitrogens with zero attached hydrogens (tertiary/aromatic N) is 3. The molecule has 166 valence electrons. The Labute approximate surface area is 178 Å². The first-order valence-corrected chi connectivity index (χ1v) is 11.7. The quantitative estimate of drug-likeness (QED) is 0.498. The Morgan fingerprint density at radius 1 is 1.07 bits per heavy atom. The molecule has 8 nitrogen and oxygen atoms in total. The first-order chi connectivity index (χ1) is 14.6. The molecule has 0 spiro atoms. The Bertz CT molecular complexity index is 695. The smallest absolute Gasteiger partial charge is 0.379 e. The highest BCUT2D eigenvalue weighted by molar-refractivity contribution is 6.12. The number of morpholine rings is 1. The Morgan fingerprint density at radius 3 is 2.60 bits per heavy atom. The number of nitrogens with one attached hydrogen (secondary N) is 1. The van der Waals surface area contributed by atoms with Gasteiger partial charge in [-0.3, -0.25) is 9.69 Å². The van der Waals surface area contributed by atoms with E-state index in [0.29, 0.717) is 6.54 Å². The molecule has 2 aliphatic heterocycles. The standard InChI is InChI=1S/C22H34N4O4/c27-20(23-10-5-11-24-12-14-30-15-13-24)16-25-19-9-4-8-18(19)21(28)26(22(25)29)17-6-2-1-3-7-17/h17-18H,1-16H2/p+1. The number of rotatable bonds is 7. The summed E-state index contributed by atoms with van der Waals surface area (Å²) < 4.78 is 6.97. The SMILES string of the molecule is O=C(C[N+]1=C2CCCC2C(=O)N(C2CCCCC2)C1=O)NCCCN1CCOCC1. The summed E-state index contributed by atoms with van der Waals surface area (Å²) in [4.78, 5) is 42.8. The van der Waals surface area contributed by atoms with Crippen LogP contribution in [0.15, 0.2) is 0 Å². The maximum atomic E-state index is 13.3. The molecule has 4 amide bonds.